The van der Waals surface area contributed by atoms with Gasteiger partial charge in [-0.15, -0.1) is 0 Å². The molecular weight excluding hydrogens is 333 g/mol. The quantitative estimate of drug-likeness (QED) is 0.753. The average molecular weight is 361 g/mol. The van der Waals surface area contributed by atoms with Crippen molar-refractivity contribution in [2.45, 2.75) is 45.4 Å². The lowest BCUT2D eigenvalue weighted by Gasteiger charge is -2.31. The number of carbonyl (C=O) groups excluding carboxylic acids is 1. The molecule has 142 valence electrons. The minimum absolute atomic E-state index is 0.237. The number of hydrogen-bond acceptors (Lipinski definition) is 4. The molecule has 1 aromatic heterocycles. The van der Waals surface area contributed by atoms with E-state index >= 15 is 0 Å². The SMILES string of the molecule is CCC(=O)N(CC)CCCN1CCC(c2noc3cc(F)ccc23)CC1. The maximum Gasteiger partial charge on any atom is 0.222 e. The van der Waals surface area contributed by atoms with Crippen molar-refractivity contribution in [3.63, 3.8) is 0 Å². The molecule has 0 unspecified atom stereocenters. The summed E-state index contributed by atoms with van der Waals surface area (Å²) in [7, 11) is 0. The van der Waals surface area contributed by atoms with Crippen molar-refractivity contribution < 1.29 is 13.7 Å². The second-order valence-electron chi connectivity index (χ2n) is 7.00. The van der Waals surface area contributed by atoms with Crippen LogP contribution in [-0.2, 0) is 4.79 Å². The molecule has 0 spiro atoms. The summed E-state index contributed by atoms with van der Waals surface area (Å²) in [5, 5.41) is 5.14. The Labute approximate surface area is 154 Å². The van der Waals surface area contributed by atoms with Crippen molar-refractivity contribution in [1.29, 1.82) is 0 Å². The van der Waals surface area contributed by atoms with Crippen LogP contribution >= 0.6 is 0 Å². The highest BCUT2D eigenvalue weighted by molar-refractivity contribution is 5.80. The summed E-state index contributed by atoms with van der Waals surface area (Å²) in [6, 6.07) is 4.64. The third-order valence-electron chi connectivity index (χ3n) is 5.38. The first-order valence-corrected chi connectivity index (χ1v) is 9.67. The molecule has 1 aliphatic heterocycles. The van der Waals surface area contributed by atoms with E-state index in [2.05, 4.69) is 10.1 Å². The molecule has 0 atom stereocenters. The predicted octanol–water partition coefficient (Wildman–Crippen LogP) is 3.79. The molecule has 2 heterocycles. The van der Waals surface area contributed by atoms with Gasteiger partial charge in [0.15, 0.2) is 5.58 Å². The van der Waals surface area contributed by atoms with Gasteiger partial charge in [0.1, 0.15) is 5.82 Å². The van der Waals surface area contributed by atoms with Crippen LogP contribution in [0.1, 0.15) is 51.1 Å². The standard InChI is InChI=1S/C20H28FN3O2/c1-3-19(25)24(4-2)11-5-10-23-12-8-15(9-13-23)20-17-7-6-16(21)14-18(17)26-22-20/h6-7,14-15H,3-5,8-13H2,1-2H3. The fourth-order valence-corrected chi connectivity index (χ4v) is 3.82. The van der Waals surface area contributed by atoms with Crippen molar-refractivity contribution in [2.24, 2.45) is 0 Å². The zero-order valence-corrected chi connectivity index (χ0v) is 15.7. The molecule has 1 saturated heterocycles. The van der Waals surface area contributed by atoms with Gasteiger partial charge in [-0.1, -0.05) is 12.1 Å². The molecular formula is C20H28FN3O2. The molecule has 1 aliphatic rings. The van der Waals surface area contributed by atoms with E-state index in [0.717, 1.165) is 63.1 Å². The number of benzene rings is 1. The van der Waals surface area contributed by atoms with E-state index in [1.54, 1.807) is 6.07 Å². The van der Waals surface area contributed by atoms with Crippen LogP contribution in [0.3, 0.4) is 0 Å². The van der Waals surface area contributed by atoms with Gasteiger partial charge >= 0.3 is 0 Å². The van der Waals surface area contributed by atoms with Crippen LogP contribution in [0, 0.1) is 5.82 Å². The van der Waals surface area contributed by atoms with E-state index < -0.39 is 0 Å². The molecule has 0 aliphatic carbocycles. The number of fused-ring (bicyclic) bond motifs is 1. The predicted molar refractivity (Wildman–Crippen MR) is 99.5 cm³/mol. The molecule has 0 radical (unpaired) electrons. The third-order valence-corrected chi connectivity index (χ3v) is 5.38. The molecule has 2 aromatic rings. The van der Waals surface area contributed by atoms with E-state index in [1.807, 2.05) is 18.7 Å². The van der Waals surface area contributed by atoms with Crippen LogP contribution in [0.2, 0.25) is 0 Å². The number of carbonyl (C=O) groups is 1. The Kier molecular flexibility index (Phi) is 6.25. The monoisotopic (exact) mass is 361 g/mol. The molecule has 26 heavy (non-hydrogen) atoms. The fraction of sp³-hybridized carbons (Fsp3) is 0.600. The minimum Gasteiger partial charge on any atom is -0.356 e. The van der Waals surface area contributed by atoms with Gasteiger partial charge in [0.25, 0.3) is 0 Å². The smallest absolute Gasteiger partial charge is 0.222 e. The van der Waals surface area contributed by atoms with Crippen molar-refractivity contribution in [1.82, 2.24) is 15.0 Å². The summed E-state index contributed by atoms with van der Waals surface area (Å²) in [4.78, 5) is 16.2. The van der Waals surface area contributed by atoms with Crippen LogP contribution in [0.5, 0.6) is 0 Å². The Balaban J connectivity index is 1.49. The lowest BCUT2D eigenvalue weighted by Crippen LogP contribution is -2.37. The first kappa shape index (κ1) is 18.8. The molecule has 6 heteroatoms. The summed E-state index contributed by atoms with van der Waals surface area (Å²) in [5.74, 6) is 0.310. The van der Waals surface area contributed by atoms with Crippen molar-refractivity contribution >= 4 is 16.9 Å². The first-order chi connectivity index (χ1) is 12.6. The number of piperidine rings is 1. The van der Waals surface area contributed by atoms with E-state index in [1.165, 1.54) is 12.1 Å². The number of hydrogen-bond donors (Lipinski definition) is 0. The molecule has 1 aromatic carbocycles. The summed E-state index contributed by atoms with van der Waals surface area (Å²) >= 11 is 0. The second kappa shape index (κ2) is 8.62. The van der Waals surface area contributed by atoms with E-state index in [0.29, 0.717) is 17.9 Å². The normalized spacial score (nSPS) is 16.3. The largest absolute Gasteiger partial charge is 0.356 e. The highest BCUT2D eigenvalue weighted by Crippen LogP contribution is 2.32. The molecule has 0 saturated carbocycles. The molecule has 3 rings (SSSR count). The minimum atomic E-state index is -0.294. The van der Waals surface area contributed by atoms with Crippen molar-refractivity contribution in [2.75, 3.05) is 32.7 Å². The second-order valence-corrected chi connectivity index (χ2v) is 7.00. The Morgan fingerprint density at radius 3 is 2.81 bits per heavy atom. The Morgan fingerprint density at radius 2 is 2.12 bits per heavy atom. The number of rotatable bonds is 7. The summed E-state index contributed by atoms with van der Waals surface area (Å²) < 4.78 is 18.6. The van der Waals surface area contributed by atoms with Crippen LogP contribution in [0.15, 0.2) is 22.7 Å². The molecule has 1 amide bonds. The number of likely N-dealkylation sites (tertiary alicyclic amines) is 1. The van der Waals surface area contributed by atoms with Crippen LogP contribution < -0.4 is 0 Å². The molecule has 0 N–H and O–H groups in total. The summed E-state index contributed by atoms with van der Waals surface area (Å²) in [6.07, 6.45) is 3.65. The zero-order chi connectivity index (χ0) is 18.5. The lowest BCUT2D eigenvalue weighted by atomic mass is 9.91. The number of nitrogens with zero attached hydrogens (tertiary/aromatic N) is 3. The maximum absolute atomic E-state index is 13.3. The van der Waals surface area contributed by atoms with Crippen molar-refractivity contribution in [3.05, 3.63) is 29.7 Å². The molecule has 5 nitrogen and oxygen atoms in total. The van der Waals surface area contributed by atoms with Crippen LogP contribution in [0.25, 0.3) is 11.0 Å². The van der Waals surface area contributed by atoms with Gasteiger partial charge in [0, 0.05) is 36.9 Å². The van der Waals surface area contributed by atoms with Gasteiger partial charge in [-0.05, 0) is 58.0 Å². The van der Waals surface area contributed by atoms with E-state index in [-0.39, 0.29) is 11.7 Å². The van der Waals surface area contributed by atoms with Gasteiger partial charge in [-0.25, -0.2) is 4.39 Å². The Hall–Kier alpha value is -1.95. The van der Waals surface area contributed by atoms with Gasteiger partial charge in [0.05, 0.1) is 5.69 Å². The first-order valence-electron chi connectivity index (χ1n) is 9.67. The zero-order valence-electron chi connectivity index (χ0n) is 15.7. The van der Waals surface area contributed by atoms with Crippen LogP contribution in [0.4, 0.5) is 4.39 Å². The number of aromatic nitrogens is 1. The summed E-state index contributed by atoms with van der Waals surface area (Å²) in [6.45, 7) is 8.63. The maximum atomic E-state index is 13.3. The van der Waals surface area contributed by atoms with Gasteiger partial charge in [-0.3, -0.25) is 4.79 Å². The van der Waals surface area contributed by atoms with Gasteiger partial charge in [0.2, 0.25) is 5.91 Å². The third kappa shape index (κ3) is 4.23. The van der Waals surface area contributed by atoms with E-state index in [4.69, 9.17) is 4.52 Å². The van der Waals surface area contributed by atoms with E-state index in [9.17, 15) is 9.18 Å². The topological polar surface area (TPSA) is 49.6 Å². The molecule has 0 bridgehead atoms. The number of amides is 1. The van der Waals surface area contributed by atoms with Gasteiger partial charge in [-0.2, -0.15) is 0 Å². The molecule has 1 fully saturated rings. The Morgan fingerprint density at radius 1 is 1.35 bits per heavy atom. The summed E-state index contributed by atoms with van der Waals surface area (Å²) in [5.41, 5.74) is 1.49. The average Bonchev–Trinajstić information content (AvgIpc) is 3.08. The van der Waals surface area contributed by atoms with Gasteiger partial charge < -0.3 is 14.3 Å². The number of halogens is 1. The van der Waals surface area contributed by atoms with Crippen molar-refractivity contribution in [3.8, 4) is 0 Å². The highest BCUT2D eigenvalue weighted by Gasteiger charge is 2.25. The fourth-order valence-electron chi connectivity index (χ4n) is 3.82. The highest BCUT2D eigenvalue weighted by atomic mass is 19.1. The Bertz CT molecular complexity index is 738. The lowest BCUT2D eigenvalue weighted by molar-refractivity contribution is -0.130. The van der Waals surface area contributed by atoms with Crippen LogP contribution in [-0.4, -0.2) is 53.6 Å².